The lowest BCUT2D eigenvalue weighted by Crippen LogP contribution is -2.10. The molecular weight excluding hydrogens is 326 g/mol. The van der Waals surface area contributed by atoms with E-state index < -0.39 is 11.8 Å². The Bertz CT molecular complexity index is 337. The van der Waals surface area contributed by atoms with E-state index in [0.29, 0.717) is 16.6 Å². The lowest BCUT2D eigenvalue weighted by Gasteiger charge is -2.06. The Morgan fingerprint density at radius 1 is 1.53 bits per heavy atom. The van der Waals surface area contributed by atoms with Crippen molar-refractivity contribution < 1.29 is 13.9 Å². The molecule has 0 N–H and O–H groups in total. The minimum Gasteiger partial charge on any atom is -0.462 e. The van der Waals surface area contributed by atoms with E-state index in [4.69, 9.17) is 4.74 Å². The molecule has 3 radical (unpaired) electrons. The number of ether oxygens (including phenoxy) is 1. The first-order valence-electron chi connectivity index (χ1n) is 4.42. The molecule has 0 atom stereocenters. The van der Waals surface area contributed by atoms with Crippen molar-refractivity contribution in [2.45, 2.75) is 12.5 Å². The minimum absolute atomic E-state index is 0.0204. The highest BCUT2D eigenvalue weighted by atomic mass is 127. The predicted molar refractivity (Wildman–Crippen MR) is 64.6 cm³/mol. The summed E-state index contributed by atoms with van der Waals surface area (Å²) >= 11 is 1.91. The molecule has 0 amide bonds. The number of hydrogen-bond donors (Lipinski definition) is 0. The summed E-state index contributed by atoms with van der Waals surface area (Å²) in [6.45, 7) is 0.298. The third kappa shape index (κ3) is 3.56. The number of benzene rings is 1. The zero-order valence-electron chi connectivity index (χ0n) is 7.93. The van der Waals surface area contributed by atoms with Crippen LogP contribution >= 0.6 is 22.6 Å². The van der Waals surface area contributed by atoms with Crippen LogP contribution in [0.4, 0.5) is 4.39 Å². The molecule has 0 fully saturated rings. The van der Waals surface area contributed by atoms with Crippen molar-refractivity contribution in [2.75, 3.05) is 6.61 Å². The van der Waals surface area contributed by atoms with Crippen LogP contribution < -0.4 is 0 Å². The van der Waals surface area contributed by atoms with Crippen LogP contribution in [0, 0.1) is 9.39 Å². The molecular formula is C10H9FIO2Si. The SMILES string of the molecule is O=C(OCCC[Si])c1c(F)cccc1I. The number of esters is 1. The fraction of sp³-hybridized carbons (Fsp3) is 0.300. The Balaban J connectivity index is 2.73. The molecule has 0 aliphatic carbocycles. The molecule has 1 aromatic rings. The Hall–Kier alpha value is -0.433. The number of carbonyl (C=O) groups excluding carboxylic acids is 1. The highest BCUT2D eigenvalue weighted by Crippen LogP contribution is 2.16. The van der Waals surface area contributed by atoms with Gasteiger partial charge in [0.25, 0.3) is 0 Å². The summed E-state index contributed by atoms with van der Waals surface area (Å²) in [5.41, 5.74) is 0.0204. The van der Waals surface area contributed by atoms with Gasteiger partial charge in [0, 0.05) is 13.8 Å². The minimum atomic E-state index is -0.599. The van der Waals surface area contributed by atoms with Crippen LogP contribution in [0.5, 0.6) is 0 Å². The fourth-order valence-electron chi connectivity index (χ4n) is 1.00. The third-order valence-corrected chi connectivity index (χ3v) is 2.97. The van der Waals surface area contributed by atoms with Gasteiger partial charge < -0.3 is 4.74 Å². The second kappa shape index (κ2) is 6.22. The van der Waals surface area contributed by atoms with E-state index in [9.17, 15) is 9.18 Å². The highest BCUT2D eigenvalue weighted by molar-refractivity contribution is 14.1. The predicted octanol–water partition coefficient (Wildman–Crippen LogP) is 2.56. The van der Waals surface area contributed by atoms with Gasteiger partial charge in [0.2, 0.25) is 0 Å². The fourth-order valence-corrected chi connectivity index (χ4v) is 1.83. The zero-order chi connectivity index (χ0) is 11.3. The lowest BCUT2D eigenvalue weighted by molar-refractivity contribution is 0.0498. The molecule has 0 aliphatic heterocycles. The quantitative estimate of drug-likeness (QED) is 0.366. The standard InChI is InChI=1S/C10H9FIO2Si/c11-7-3-1-4-8(12)9(7)10(13)14-5-2-6-15/h1,3-4H,2,5-6H2. The Morgan fingerprint density at radius 2 is 2.27 bits per heavy atom. The van der Waals surface area contributed by atoms with Gasteiger partial charge in [0.15, 0.2) is 0 Å². The van der Waals surface area contributed by atoms with E-state index in [1.54, 1.807) is 12.1 Å². The topological polar surface area (TPSA) is 26.3 Å². The van der Waals surface area contributed by atoms with Crippen molar-refractivity contribution in [1.82, 2.24) is 0 Å². The van der Waals surface area contributed by atoms with Crippen LogP contribution in [0.3, 0.4) is 0 Å². The molecule has 0 heterocycles. The monoisotopic (exact) mass is 335 g/mol. The van der Waals surface area contributed by atoms with Crippen LogP contribution in [0.2, 0.25) is 6.04 Å². The largest absolute Gasteiger partial charge is 0.462 e. The molecule has 0 spiro atoms. The van der Waals surface area contributed by atoms with Gasteiger partial charge in [-0.15, -0.1) is 0 Å². The summed E-state index contributed by atoms with van der Waals surface area (Å²) in [5.74, 6) is -1.14. The maximum absolute atomic E-state index is 13.3. The van der Waals surface area contributed by atoms with Gasteiger partial charge in [-0.1, -0.05) is 12.1 Å². The zero-order valence-corrected chi connectivity index (χ0v) is 11.1. The molecule has 1 rings (SSSR count). The number of carbonyl (C=O) groups is 1. The van der Waals surface area contributed by atoms with E-state index in [0.717, 1.165) is 6.04 Å². The van der Waals surface area contributed by atoms with E-state index in [1.807, 2.05) is 22.6 Å². The van der Waals surface area contributed by atoms with Crippen molar-refractivity contribution in [1.29, 1.82) is 0 Å². The van der Waals surface area contributed by atoms with Gasteiger partial charge in [-0.25, -0.2) is 9.18 Å². The average molecular weight is 335 g/mol. The summed E-state index contributed by atoms with van der Waals surface area (Å²) in [7, 11) is 3.26. The number of hydrogen-bond acceptors (Lipinski definition) is 2. The molecule has 5 heteroatoms. The average Bonchev–Trinajstić information content (AvgIpc) is 2.18. The lowest BCUT2D eigenvalue weighted by atomic mass is 10.2. The summed E-state index contributed by atoms with van der Waals surface area (Å²) in [4.78, 5) is 11.5. The molecule has 0 unspecified atom stereocenters. The Labute approximate surface area is 105 Å². The summed E-state index contributed by atoms with van der Waals surface area (Å²) in [6, 6.07) is 5.24. The third-order valence-electron chi connectivity index (χ3n) is 1.72. The molecule has 0 saturated heterocycles. The molecule has 1 aromatic carbocycles. The molecule has 0 aliphatic rings. The van der Waals surface area contributed by atoms with Gasteiger partial charge in [0.05, 0.1) is 6.61 Å². The van der Waals surface area contributed by atoms with Gasteiger partial charge in [0.1, 0.15) is 11.4 Å². The molecule has 0 aromatic heterocycles. The number of halogens is 2. The van der Waals surface area contributed by atoms with Crippen molar-refractivity contribution in [3.05, 3.63) is 33.1 Å². The van der Waals surface area contributed by atoms with Gasteiger partial charge >= 0.3 is 5.97 Å². The Morgan fingerprint density at radius 3 is 2.87 bits per heavy atom. The molecule has 0 bridgehead atoms. The maximum atomic E-state index is 13.3. The molecule has 2 nitrogen and oxygen atoms in total. The van der Waals surface area contributed by atoms with Crippen molar-refractivity contribution in [3.63, 3.8) is 0 Å². The van der Waals surface area contributed by atoms with Crippen molar-refractivity contribution in [2.24, 2.45) is 0 Å². The summed E-state index contributed by atoms with van der Waals surface area (Å²) in [5, 5.41) is 0. The van der Waals surface area contributed by atoms with Crippen molar-refractivity contribution in [3.8, 4) is 0 Å². The van der Waals surface area contributed by atoms with E-state index in [2.05, 4.69) is 10.2 Å². The summed E-state index contributed by atoms with van der Waals surface area (Å²) < 4.78 is 18.8. The van der Waals surface area contributed by atoms with E-state index >= 15 is 0 Å². The van der Waals surface area contributed by atoms with Gasteiger partial charge in [-0.3, -0.25) is 0 Å². The number of rotatable bonds is 4. The highest BCUT2D eigenvalue weighted by Gasteiger charge is 2.16. The van der Waals surface area contributed by atoms with Crippen LogP contribution in [0.1, 0.15) is 16.8 Å². The summed E-state index contributed by atoms with van der Waals surface area (Å²) in [6.07, 6.45) is 0.716. The van der Waals surface area contributed by atoms with E-state index in [1.165, 1.54) is 6.07 Å². The molecule has 15 heavy (non-hydrogen) atoms. The van der Waals surface area contributed by atoms with Crippen LogP contribution in [0.15, 0.2) is 18.2 Å². The normalized spacial score (nSPS) is 10.1. The molecule has 0 saturated carbocycles. The second-order valence-corrected chi connectivity index (χ2v) is 4.50. The van der Waals surface area contributed by atoms with E-state index in [-0.39, 0.29) is 5.56 Å². The van der Waals surface area contributed by atoms with Crippen LogP contribution in [0.25, 0.3) is 0 Å². The molecule has 79 valence electrons. The van der Waals surface area contributed by atoms with Gasteiger partial charge in [-0.2, -0.15) is 0 Å². The van der Waals surface area contributed by atoms with Gasteiger partial charge in [-0.05, 0) is 41.1 Å². The first-order valence-corrected chi connectivity index (χ1v) is 6.21. The van der Waals surface area contributed by atoms with Crippen LogP contribution in [-0.2, 0) is 4.74 Å². The van der Waals surface area contributed by atoms with Crippen molar-refractivity contribution >= 4 is 38.8 Å². The second-order valence-electron chi connectivity index (χ2n) is 2.84. The first kappa shape index (κ1) is 12.6. The Kier molecular flexibility index (Phi) is 5.24. The maximum Gasteiger partial charge on any atom is 0.342 e. The first-order chi connectivity index (χ1) is 7.16. The van der Waals surface area contributed by atoms with Crippen LogP contribution in [-0.4, -0.2) is 22.8 Å². The smallest absolute Gasteiger partial charge is 0.342 e.